The third-order valence-corrected chi connectivity index (χ3v) is 4.91. The van der Waals surface area contributed by atoms with Gasteiger partial charge in [-0.2, -0.15) is 0 Å². The van der Waals surface area contributed by atoms with Crippen LogP contribution in [0.2, 0.25) is 0 Å². The van der Waals surface area contributed by atoms with E-state index in [0.29, 0.717) is 4.88 Å². The first-order valence-electron chi connectivity index (χ1n) is 6.90. The van der Waals surface area contributed by atoms with Gasteiger partial charge >= 0.3 is 5.97 Å². The number of carboxylic acids is 1. The molecule has 0 aliphatic carbocycles. The number of aryl methyl sites for hydroxylation is 1. The molecular weight excluding hydrogens is 286 g/mol. The Morgan fingerprint density at radius 1 is 1.38 bits per heavy atom. The summed E-state index contributed by atoms with van der Waals surface area (Å²) in [5.74, 6) is -0.997. The van der Waals surface area contributed by atoms with Gasteiger partial charge in [0, 0.05) is 19.3 Å². The number of nitrogens with zero attached hydrogens (tertiary/aromatic N) is 1. The number of thiophene rings is 1. The highest BCUT2D eigenvalue weighted by Crippen LogP contribution is 2.34. The van der Waals surface area contributed by atoms with Crippen molar-refractivity contribution < 1.29 is 15.0 Å². The number of benzene rings is 1. The molecule has 1 unspecified atom stereocenters. The molecule has 2 N–H and O–H groups in total. The number of fused-ring (bicyclic) bond motifs is 1. The molecule has 1 aromatic heterocycles. The second kappa shape index (κ2) is 5.50. The summed E-state index contributed by atoms with van der Waals surface area (Å²) in [6.45, 7) is 1.04. The van der Waals surface area contributed by atoms with Crippen LogP contribution >= 0.6 is 11.3 Å². The number of hydrogen-bond donors (Lipinski definition) is 2. The zero-order chi connectivity index (χ0) is 15.0. The topological polar surface area (TPSA) is 60.8 Å². The van der Waals surface area contributed by atoms with Gasteiger partial charge in [0.25, 0.3) is 0 Å². The van der Waals surface area contributed by atoms with Crippen LogP contribution in [0.25, 0.3) is 0 Å². The minimum absolute atomic E-state index is 0.183. The van der Waals surface area contributed by atoms with E-state index in [2.05, 4.69) is 11.9 Å². The maximum atomic E-state index is 11.2. The van der Waals surface area contributed by atoms with Gasteiger partial charge in [-0.15, -0.1) is 11.3 Å². The molecule has 1 aromatic carbocycles. The molecule has 1 atom stereocenters. The van der Waals surface area contributed by atoms with Crippen LogP contribution in [0.4, 0.5) is 5.69 Å². The average Bonchev–Trinajstić information content (AvgIpc) is 2.96. The largest absolute Gasteiger partial charge is 0.478 e. The van der Waals surface area contributed by atoms with Crippen LogP contribution in [-0.4, -0.2) is 29.8 Å². The fourth-order valence-corrected chi connectivity index (χ4v) is 3.73. The second-order valence-corrected chi connectivity index (χ2v) is 6.27. The number of aromatic carboxylic acids is 1. The normalized spacial score (nSPS) is 15.6. The van der Waals surface area contributed by atoms with Crippen molar-refractivity contribution in [3.63, 3.8) is 0 Å². The molecule has 0 amide bonds. The molecule has 1 aliphatic heterocycles. The number of carboxylic acid groups (broad SMARTS) is 1. The zero-order valence-corrected chi connectivity index (χ0v) is 12.6. The van der Waals surface area contributed by atoms with Crippen LogP contribution in [0.1, 0.15) is 38.9 Å². The molecule has 3 rings (SSSR count). The molecular formula is C16H17NO3S. The average molecular weight is 303 g/mol. The highest BCUT2D eigenvalue weighted by Gasteiger charge is 2.22. The van der Waals surface area contributed by atoms with Gasteiger partial charge in [0.1, 0.15) is 6.10 Å². The Morgan fingerprint density at radius 3 is 2.95 bits per heavy atom. The third-order valence-electron chi connectivity index (χ3n) is 3.94. The van der Waals surface area contributed by atoms with Gasteiger partial charge in [0.2, 0.25) is 0 Å². The molecule has 0 bridgehead atoms. The lowest BCUT2D eigenvalue weighted by Crippen LogP contribution is -2.24. The zero-order valence-electron chi connectivity index (χ0n) is 11.7. The molecule has 4 nitrogen and oxygen atoms in total. The predicted molar refractivity (Wildman–Crippen MR) is 83.4 cm³/mol. The fourth-order valence-electron chi connectivity index (χ4n) is 2.84. The van der Waals surface area contributed by atoms with Crippen LogP contribution in [0, 0.1) is 0 Å². The fraction of sp³-hybridized carbons (Fsp3) is 0.312. The van der Waals surface area contributed by atoms with Gasteiger partial charge in [-0.1, -0.05) is 12.1 Å². The molecule has 0 radical (unpaired) electrons. The Bertz CT molecular complexity index is 680. The third kappa shape index (κ3) is 2.54. The van der Waals surface area contributed by atoms with Crippen LogP contribution in [-0.2, 0) is 6.42 Å². The maximum Gasteiger partial charge on any atom is 0.336 e. The van der Waals surface area contributed by atoms with E-state index in [1.807, 2.05) is 18.2 Å². The van der Waals surface area contributed by atoms with Crippen molar-refractivity contribution in [3.8, 4) is 0 Å². The Balaban J connectivity index is 1.97. The molecule has 5 heteroatoms. The molecule has 0 spiro atoms. The van der Waals surface area contributed by atoms with Crippen molar-refractivity contribution in [2.24, 2.45) is 0 Å². The summed E-state index contributed by atoms with van der Waals surface area (Å²) in [6, 6.07) is 7.44. The van der Waals surface area contributed by atoms with E-state index in [1.165, 1.54) is 28.7 Å². The number of anilines is 1. The van der Waals surface area contributed by atoms with Gasteiger partial charge in [-0.05, 0) is 41.5 Å². The minimum Gasteiger partial charge on any atom is -0.478 e. The van der Waals surface area contributed by atoms with Gasteiger partial charge < -0.3 is 15.1 Å². The number of hydrogen-bond acceptors (Lipinski definition) is 4. The van der Waals surface area contributed by atoms with Crippen LogP contribution in [0.3, 0.4) is 0 Å². The Hall–Kier alpha value is -1.85. The van der Waals surface area contributed by atoms with Gasteiger partial charge in [0.05, 0.1) is 10.4 Å². The maximum absolute atomic E-state index is 11.2. The molecule has 1 aliphatic rings. The second-order valence-electron chi connectivity index (χ2n) is 5.32. The van der Waals surface area contributed by atoms with Crippen molar-refractivity contribution in [3.05, 3.63) is 51.2 Å². The van der Waals surface area contributed by atoms with Crippen LogP contribution in [0.15, 0.2) is 29.6 Å². The number of rotatable bonds is 3. The summed E-state index contributed by atoms with van der Waals surface area (Å²) in [4.78, 5) is 13.9. The van der Waals surface area contributed by atoms with Crippen molar-refractivity contribution in [1.29, 1.82) is 0 Å². The van der Waals surface area contributed by atoms with E-state index >= 15 is 0 Å². The van der Waals surface area contributed by atoms with E-state index in [1.54, 1.807) is 5.38 Å². The lowest BCUT2D eigenvalue weighted by molar-refractivity contribution is 0.0692. The lowest BCUT2D eigenvalue weighted by atomic mass is 9.96. The predicted octanol–water partition coefficient (Wildman–Crippen LogP) is 2.91. The number of aliphatic hydroxyl groups is 1. The SMILES string of the molecule is CN1CCCc2cc(C(O)c3sccc3C(=O)O)ccc21. The molecule has 21 heavy (non-hydrogen) atoms. The highest BCUT2D eigenvalue weighted by atomic mass is 32.1. The lowest BCUT2D eigenvalue weighted by Gasteiger charge is -2.28. The summed E-state index contributed by atoms with van der Waals surface area (Å²) in [5, 5.41) is 21.4. The van der Waals surface area contributed by atoms with E-state index in [9.17, 15) is 9.90 Å². The van der Waals surface area contributed by atoms with Crippen molar-refractivity contribution in [2.75, 3.05) is 18.5 Å². The summed E-state index contributed by atoms with van der Waals surface area (Å²) >= 11 is 1.28. The first-order chi connectivity index (χ1) is 10.1. The number of carbonyl (C=O) groups is 1. The Kier molecular flexibility index (Phi) is 3.69. The minimum atomic E-state index is -0.997. The molecule has 110 valence electrons. The summed E-state index contributed by atoms with van der Waals surface area (Å²) < 4.78 is 0. The molecule has 0 fully saturated rings. The Labute approximate surface area is 127 Å². The van der Waals surface area contributed by atoms with Crippen molar-refractivity contribution in [1.82, 2.24) is 0 Å². The van der Waals surface area contributed by atoms with Gasteiger partial charge in [0.15, 0.2) is 0 Å². The summed E-state index contributed by atoms with van der Waals surface area (Å²) in [7, 11) is 2.07. The van der Waals surface area contributed by atoms with Crippen molar-refractivity contribution in [2.45, 2.75) is 18.9 Å². The molecule has 0 saturated heterocycles. The summed E-state index contributed by atoms with van der Waals surface area (Å²) in [5.41, 5.74) is 3.35. The molecule has 2 heterocycles. The standard InChI is InChI=1S/C16H17NO3S/c1-17-7-2-3-10-9-11(4-5-13(10)17)14(18)15-12(16(19)20)6-8-21-15/h4-6,8-9,14,18H,2-3,7H2,1H3,(H,19,20). The van der Waals surface area contributed by atoms with E-state index in [-0.39, 0.29) is 5.56 Å². The molecule has 2 aromatic rings. The van der Waals surface area contributed by atoms with E-state index in [0.717, 1.165) is 24.9 Å². The van der Waals surface area contributed by atoms with Crippen LogP contribution in [0.5, 0.6) is 0 Å². The van der Waals surface area contributed by atoms with E-state index < -0.39 is 12.1 Å². The van der Waals surface area contributed by atoms with Crippen molar-refractivity contribution >= 4 is 23.0 Å². The first-order valence-corrected chi connectivity index (χ1v) is 7.78. The number of aliphatic hydroxyl groups excluding tert-OH is 1. The highest BCUT2D eigenvalue weighted by molar-refractivity contribution is 7.10. The smallest absolute Gasteiger partial charge is 0.336 e. The monoisotopic (exact) mass is 303 g/mol. The van der Waals surface area contributed by atoms with Crippen LogP contribution < -0.4 is 4.90 Å². The summed E-state index contributed by atoms with van der Waals surface area (Å²) in [6.07, 6.45) is 1.22. The first kappa shape index (κ1) is 14.1. The van der Waals surface area contributed by atoms with Gasteiger partial charge in [-0.3, -0.25) is 0 Å². The molecule has 0 saturated carbocycles. The van der Waals surface area contributed by atoms with Gasteiger partial charge in [-0.25, -0.2) is 4.79 Å². The quantitative estimate of drug-likeness (QED) is 0.915. The van der Waals surface area contributed by atoms with E-state index in [4.69, 9.17) is 5.11 Å². The Morgan fingerprint density at radius 2 is 2.19 bits per heavy atom.